The highest BCUT2D eigenvalue weighted by atomic mass is 16.5. The van der Waals surface area contributed by atoms with E-state index in [1.165, 1.54) is 0 Å². The molecule has 0 fully saturated rings. The highest BCUT2D eigenvalue weighted by Gasteiger charge is 2.27. The number of nitrogens with one attached hydrogen (secondary N) is 1. The number of aliphatic hydroxyl groups is 1. The van der Waals surface area contributed by atoms with Crippen LogP contribution in [-0.4, -0.2) is 35.4 Å². The lowest BCUT2D eigenvalue weighted by molar-refractivity contribution is 0.275. The Morgan fingerprint density at radius 1 is 1.39 bits per heavy atom. The Labute approximate surface area is 133 Å². The lowest BCUT2D eigenvalue weighted by atomic mass is 9.80. The highest BCUT2D eigenvalue weighted by Crippen LogP contribution is 2.28. The Morgan fingerprint density at radius 3 is 3.04 bits per heavy atom. The fourth-order valence-electron chi connectivity index (χ4n) is 2.28. The molecule has 1 aromatic carbocycles. The van der Waals surface area contributed by atoms with Gasteiger partial charge in [-0.3, -0.25) is 0 Å². The van der Waals surface area contributed by atoms with Crippen molar-refractivity contribution in [1.29, 1.82) is 0 Å². The van der Waals surface area contributed by atoms with E-state index in [4.69, 9.17) is 21.1 Å². The second-order valence-corrected chi connectivity index (χ2v) is 4.91. The summed E-state index contributed by atoms with van der Waals surface area (Å²) in [7, 11) is -0.885. The van der Waals surface area contributed by atoms with Gasteiger partial charge in [-0.25, -0.2) is 9.83 Å². The number of pyridine rings is 1. The summed E-state index contributed by atoms with van der Waals surface area (Å²) in [6.45, 7) is 7.69. The average molecular weight is 311 g/mol. The number of fused-ring (bicyclic) bond motifs is 1. The first-order valence-corrected chi connectivity index (χ1v) is 7.05. The highest BCUT2D eigenvalue weighted by molar-refractivity contribution is 6.61. The van der Waals surface area contributed by atoms with Gasteiger partial charge >= 0.3 is 7.12 Å². The van der Waals surface area contributed by atoms with Gasteiger partial charge in [0.05, 0.1) is 19.8 Å². The lowest BCUT2D eigenvalue weighted by Crippen LogP contribution is -2.27. The predicted molar refractivity (Wildman–Crippen MR) is 85.0 cm³/mol. The van der Waals surface area contributed by atoms with E-state index in [0.717, 1.165) is 11.0 Å². The number of rotatable bonds is 5. The molecule has 23 heavy (non-hydrogen) atoms. The van der Waals surface area contributed by atoms with Crippen LogP contribution in [0.15, 0.2) is 30.3 Å². The third-order valence-electron chi connectivity index (χ3n) is 3.37. The van der Waals surface area contributed by atoms with Crippen LogP contribution in [-0.2, 0) is 11.3 Å². The van der Waals surface area contributed by atoms with E-state index in [1.807, 2.05) is 0 Å². The van der Waals surface area contributed by atoms with Gasteiger partial charge in [-0.15, -0.1) is 0 Å². The number of hydrogen-bond acceptors (Lipinski definition) is 6. The summed E-state index contributed by atoms with van der Waals surface area (Å²) in [5.74, 6) is 1.27. The predicted octanol–water partition coefficient (Wildman–Crippen LogP) is 1.05. The van der Waals surface area contributed by atoms with Crippen molar-refractivity contribution in [3.05, 3.63) is 47.3 Å². The summed E-state index contributed by atoms with van der Waals surface area (Å²) >= 11 is 0. The molecule has 1 aliphatic rings. The van der Waals surface area contributed by atoms with Gasteiger partial charge in [0.25, 0.3) is 0 Å². The molecule has 0 spiro atoms. The number of nitrogens with zero attached hydrogens (tertiary/aromatic N) is 2. The number of ether oxygens (including phenoxy) is 1. The topological polar surface area (TPSA) is 88.2 Å². The van der Waals surface area contributed by atoms with Crippen LogP contribution >= 0.6 is 0 Å². The van der Waals surface area contributed by atoms with Gasteiger partial charge in [0, 0.05) is 6.54 Å². The smallest absolute Gasteiger partial charge is 0.439 e. The van der Waals surface area contributed by atoms with Crippen molar-refractivity contribution in [2.75, 3.05) is 18.5 Å². The van der Waals surface area contributed by atoms with Gasteiger partial charge in [-0.1, -0.05) is 6.07 Å². The number of hydrogen-bond donors (Lipinski definition) is 3. The molecule has 2 aromatic rings. The van der Waals surface area contributed by atoms with Gasteiger partial charge in [0.2, 0.25) is 11.6 Å². The van der Waals surface area contributed by atoms with Gasteiger partial charge in [-0.05, 0) is 35.3 Å². The lowest BCUT2D eigenvalue weighted by Gasteiger charge is -2.10. The second kappa shape index (κ2) is 6.66. The zero-order valence-corrected chi connectivity index (χ0v) is 12.2. The van der Waals surface area contributed by atoms with Crippen molar-refractivity contribution < 1.29 is 19.5 Å². The molecule has 8 heteroatoms. The van der Waals surface area contributed by atoms with E-state index < -0.39 is 7.12 Å². The minimum Gasteiger partial charge on any atom is -0.439 e. The molecule has 2 heterocycles. The van der Waals surface area contributed by atoms with Crippen molar-refractivity contribution in [2.45, 2.75) is 6.61 Å². The molecule has 0 aliphatic carbocycles. The molecular weight excluding hydrogens is 297 g/mol. The van der Waals surface area contributed by atoms with E-state index in [-0.39, 0.29) is 6.61 Å². The molecule has 0 saturated carbocycles. The Morgan fingerprint density at radius 2 is 2.26 bits per heavy atom. The molecule has 0 unspecified atom stereocenters. The molecule has 0 bridgehead atoms. The van der Waals surface area contributed by atoms with Gasteiger partial charge < -0.3 is 24.8 Å². The van der Waals surface area contributed by atoms with Gasteiger partial charge in [0.1, 0.15) is 11.6 Å². The van der Waals surface area contributed by atoms with E-state index in [9.17, 15) is 5.02 Å². The first-order valence-electron chi connectivity index (χ1n) is 7.05. The van der Waals surface area contributed by atoms with Gasteiger partial charge in [-0.2, -0.15) is 0 Å². The van der Waals surface area contributed by atoms with Crippen LogP contribution in [0, 0.1) is 6.57 Å². The number of aromatic nitrogens is 1. The van der Waals surface area contributed by atoms with Crippen molar-refractivity contribution in [3.8, 4) is 11.6 Å². The minimum atomic E-state index is -0.885. The molecule has 0 atom stereocenters. The Bertz CT molecular complexity index is 763. The van der Waals surface area contributed by atoms with E-state index in [1.54, 1.807) is 30.3 Å². The van der Waals surface area contributed by atoms with Crippen LogP contribution < -0.4 is 15.5 Å². The Balaban J connectivity index is 1.81. The minimum absolute atomic E-state index is 0.0582. The monoisotopic (exact) mass is 311 g/mol. The zero-order valence-electron chi connectivity index (χ0n) is 12.2. The van der Waals surface area contributed by atoms with Crippen molar-refractivity contribution in [1.82, 2.24) is 4.98 Å². The maximum absolute atomic E-state index is 9.61. The standard InChI is InChI=1S/C15H14BN3O4/c1-17-13-4-5-14(19-15(13)18-6-7-20)23-11-2-3-12-10(8-11)9-22-16(12)21/h2-5,8,20-21H,6-7,9H2,(H,18,19). The van der Waals surface area contributed by atoms with Crippen LogP contribution in [0.1, 0.15) is 5.56 Å². The van der Waals surface area contributed by atoms with Gasteiger partial charge in [0.15, 0.2) is 0 Å². The summed E-state index contributed by atoms with van der Waals surface area (Å²) in [6.07, 6.45) is 0. The molecule has 0 radical (unpaired) electrons. The summed E-state index contributed by atoms with van der Waals surface area (Å²) in [4.78, 5) is 7.62. The molecular formula is C15H14BN3O4. The molecule has 7 nitrogen and oxygen atoms in total. The fourth-order valence-corrected chi connectivity index (χ4v) is 2.28. The number of aliphatic hydroxyl groups excluding tert-OH is 1. The molecule has 3 N–H and O–H groups in total. The van der Waals surface area contributed by atoms with Crippen LogP contribution in [0.2, 0.25) is 0 Å². The SMILES string of the molecule is [C-]#[N+]c1ccc(Oc2ccc3c(c2)COB3O)nc1NCCO. The maximum atomic E-state index is 9.61. The summed E-state index contributed by atoms with van der Waals surface area (Å²) in [5.41, 5.74) is 1.96. The largest absolute Gasteiger partial charge is 0.491 e. The first-order chi connectivity index (χ1) is 11.2. The second-order valence-electron chi connectivity index (χ2n) is 4.91. The molecule has 0 saturated heterocycles. The summed E-state index contributed by atoms with van der Waals surface area (Å²) in [6, 6.07) is 8.48. The number of benzene rings is 1. The molecule has 0 amide bonds. The number of anilines is 1. The van der Waals surface area contributed by atoms with Crippen molar-refractivity contribution >= 4 is 24.1 Å². The fraction of sp³-hybridized carbons (Fsp3) is 0.200. The van der Waals surface area contributed by atoms with Crippen LogP contribution in [0.4, 0.5) is 11.5 Å². The van der Waals surface area contributed by atoms with Crippen molar-refractivity contribution in [2.24, 2.45) is 0 Å². The van der Waals surface area contributed by atoms with E-state index >= 15 is 0 Å². The van der Waals surface area contributed by atoms with Crippen molar-refractivity contribution in [3.63, 3.8) is 0 Å². The summed E-state index contributed by atoms with van der Waals surface area (Å²) < 4.78 is 10.8. The van der Waals surface area contributed by atoms with E-state index in [0.29, 0.717) is 36.3 Å². The Hall–Kier alpha value is -2.60. The normalized spacial score (nSPS) is 12.7. The first kappa shape index (κ1) is 15.3. The molecule has 3 rings (SSSR count). The molecule has 1 aromatic heterocycles. The summed E-state index contributed by atoms with van der Waals surface area (Å²) in [5, 5.41) is 21.4. The van der Waals surface area contributed by atoms with Crippen LogP contribution in [0.5, 0.6) is 11.6 Å². The van der Waals surface area contributed by atoms with Crippen LogP contribution in [0.25, 0.3) is 4.85 Å². The molecule has 1 aliphatic heterocycles. The van der Waals surface area contributed by atoms with Crippen LogP contribution in [0.3, 0.4) is 0 Å². The third-order valence-corrected chi connectivity index (χ3v) is 3.37. The maximum Gasteiger partial charge on any atom is 0.491 e. The molecule has 116 valence electrons. The third kappa shape index (κ3) is 3.27. The Kier molecular flexibility index (Phi) is 4.44. The quantitative estimate of drug-likeness (QED) is 0.565. The average Bonchev–Trinajstić information content (AvgIpc) is 2.94. The van der Waals surface area contributed by atoms with E-state index in [2.05, 4.69) is 15.1 Å². The zero-order chi connectivity index (χ0) is 16.2.